The van der Waals surface area contributed by atoms with Crippen LogP contribution in [0.3, 0.4) is 0 Å². The summed E-state index contributed by atoms with van der Waals surface area (Å²) in [6.45, 7) is 1.62. The van der Waals surface area contributed by atoms with E-state index in [9.17, 15) is 14.9 Å². The third kappa shape index (κ3) is 4.07. The Bertz CT molecular complexity index is 1370. The summed E-state index contributed by atoms with van der Waals surface area (Å²) in [4.78, 5) is 25.1. The summed E-state index contributed by atoms with van der Waals surface area (Å²) in [5, 5.41) is 25.9. The van der Waals surface area contributed by atoms with Crippen molar-refractivity contribution in [3.05, 3.63) is 86.7 Å². The molecule has 0 saturated carbocycles. The van der Waals surface area contributed by atoms with Crippen LogP contribution in [-0.2, 0) is 0 Å². The minimum Gasteiger partial charge on any atom is -0.296 e. The zero-order valence-corrected chi connectivity index (χ0v) is 17.6. The number of carbonyl (C=O) groups excluding carboxylic acids is 1. The van der Waals surface area contributed by atoms with E-state index in [0.717, 1.165) is 16.0 Å². The lowest BCUT2D eigenvalue weighted by Crippen LogP contribution is -2.25. The topological polar surface area (TPSA) is 114 Å². The van der Waals surface area contributed by atoms with Crippen molar-refractivity contribution >= 4 is 34.0 Å². The van der Waals surface area contributed by atoms with E-state index < -0.39 is 5.56 Å². The van der Waals surface area contributed by atoms with Crippen molar-refractivity contribution in [2.24, 2.45) is 0 Å². The molecule has 0 saturated heterocycles. The Morgan fingerprint density at radius 3 is 2.52 bits per heavy atom. The average molecular weight is 449 g/mol. The Morgan fingerprint density at radius 2 is 1.84 bits per heavy atom. The zero-order valence-electron chi connectivity index (χ0n) is 16.0. The summed E-state index contributed by atoms with van der Waals surface area (Å²) in [7, 11) is 0. The van der Waals surface area contributed by atoms with Gasteiger partial charge in [0, 0.05) is 16.1 Å². The van der Waals surface area contributed by atoms with Gasteiger partial charge in [-0.15, -0.1) is 10.2 Å². The lowest BCUT2D eigenvalue weighted by atomic mass is 10.1. The first-order valence-electron chi connectivity index (χ1n) is 8.98. The largest absolute Gasteiger partial charge is 0.296 e. The Balaban J connectivity index is 1.74. The van der Waals surface area contributed by atoms with E-state index in [0.29, 0.717) is 32.5 Å². The average Bonchev–Trinajstić information content (AvgIpc) is 3.24. The molecular weight excluding hydrogens is 436 g/mol. The van der Waals surface area contributed by atoms with Crippen molar-refractivity contribution in [2.45, 2.75) is 6.92 Å². The first-order valence-corrected chi connectivity index (χ1v) is 10.2. The first-order chi connectivity index (χ1) is 15.0. The molecule has 1 N–H and O–H groups in total. The van der Waals surface area contributed by atoms with Crippen LogP contribution in [0, 0.1) is 18.3 Å². The molecule has 0 radical (unpaired) electrons. The smallest absolute Gasteiger partial charge is 0.289 e. The number of carbonyl (C=O) groups is 1. The van der Waals surface area contributed by atoms with Crippen LogP contribution in [0.1, 0.15) is 21.5 Å². The number of nitrogens with one attached hydrogen (secondary N) is 1. The van der Waals surface area contributed by atoms with Crippen molar-refractivity contribution in [1.29, 1.82) is 5.26 Å². The molecule has 4 rings (SSSR count). The molecule has 0 fully saturated rings. The van der Waals surface area contributed by atoms with Crippen LogP contribution >= 0.6 is 22.9 Å². The second-order valence-electron chi connectivity index (χ2n) is 6.39. The molecule has 2 aromatic heterocycles. The highest BCUT2D eigenvalue weighted by Crippen LogP contribution is 2.28. The molecule has 0 aliphatic carbocycles. The molecule has 0 spiro atoms. The van der Waals surface area contributed by atoms with Crippen LogP contribution in [0.25, 0.3) is 16.4 Å². The molecule has 0 unspecified atom stereocenters. The fourth-order valence-electron chi connectivity index (χ4n) is 2.83. The number of aromatic nitrogens is 4. The molecule has 2 heterocycles. The number of nitrogens with zero attached hydrogens (tertiary/aromatic N) is 5. The molecule has 0 atom stereocenters. The second kappa shape index (κ2) is 8.47. The van der Waals surface area contributed by atoms with E-state index in [1.54, 1.807) is 55.5 Å². The van der Waals surface area contributed by atoms with Crippen molar-refractivity contribution in [1.82, 2.24) is 20.0 Å². The quantitative estimate of drug-likeness (QED) is 0.507. The molecule has 0 aliphatic heterocycles. The number of hydrogen-bond donors (Lipinski definition) is 1. The van der Waals surface area contributed by atoms with Gasteiger partial charge in [-0.2, -0.15) is 15.0 Å². The predicted octanol–water partition coefficient (Wildman–Crippen LogP) is 3.84. The van der Waals surface area contributed by atoms with E-state index in [1.807, 2.05) is 12.1 Å². The monoisotopic (exact) mass is 448 g/mol. The highest BCUT2D eigenvalue weighted by Gasteiger charge is 2.20. The van der Waals surface area contributed by atoms with E-state index in [2.05, 4.69) is 20.6 Å². The molecule has 2 aromatic carbocycles. The van der Waals surface area contributed by atoms with Gasteiger partial charge < -0.3 is 0 Å². The molecule has 1 amide bonds. The van der Waals surface area contributed by atoms with Crippen molar-refractivity contribution in [3.8, 4) is 22.5 Å². The standard InChI is InChI=1S/C21H13ClN6O2S/c1-12-16(11-23)20(30)28(15-9-7-14(22)8-10-15)27-17(12)19-25-26-21(31-19)24-18(29)13-5-3-2-4-6-13/h2-10H,1H3,(H,24,26,29). The van der Waals surface area contributed by atoms with Crippen molar-refractivity contribution < 1.29 is 4.79 Å². The van der Waals surface area contributed by atoms with Crippen molar-refractivity contribution in [3.63, 3.8) is 0 Å². The Morgan fingerprint density at radius 1 is 1.13 bits per heavy atom. The van der Waals surface area contributed by atoms with Crippen LogP contribution in [-0.4, -0.2) is 25.9 Å². The van der Waals surface area contributed by atoms with Gasteiger partial charge >= 0.3 is 0 Å². The van der Waals surface area contributed by atoms with Gasteiger partial charge in [-0.3, -0.25) is 14.9 Å². The van der Waals surface area contributed by atoms with Gasteiger partial charge in [-0.05, 0) is 43.3 Å². The molecule has 0 bridgehead atoms. The maximum Gasteiger partial charge on any atom is 0.289 e. The summed E-state index contributed by atoms with van der Waals surface area (Å²) < 4.78 is 1.13. The van der Waals surface area contributed by atoms with Crippen LogP contribution in [0.15, 0.2) is 59.4 Å². The van der Waals surface area contributed by atoms with E-state index in [1.165, 1.54) is 0 Å². The van der Waals surface area contributed by atoms with E-state index in [-0.39, 0.29) is 16.6 Å². The number of rotatable bonds is 4. The van der Waals surface area contributed by atoms with Gasteiger partial charge in [0.2, 0.25) is 5.13 Å². The zero-order chi connectivity index (χ0) is 22.0. The van der Waals surface area contributed by atoms with Gasteiger partial charge in [0.05, 0.1) is 5.69 Å². The van der Waals surface area contributed by atoms with Gasteiger partial charge in [0.15, 0.2) is 5.01 Å². The van der Waals surface area contributed by atoms with Gasteiger partial charge in [-0.1, -0.05) is 41.1 Å². The highest BCUT2D eigenvalue weighted by molar-refractivity contribution is 7.18. The fraction of sp³-hybridized carbons (Fsp3) is 0.0476. The van der Waals surface area contributed by atoms with Crippen molar-refractivity contribution in [2.75, 3.05) is 5.32 Å². The maximum absolute atomic E-state index is 12.8. The number of hydrogen-bond acceptors (Lipinski definition) is 7. The second-order valence-corrected chi connectivity index (χ2v) is 7.80. The summed E-state index contributed by atoms with van der Waals surface area (Å²) in [6, 6.07) is 17.2. The Hall–Kier alpha value is -3.87. The molecule has 10 heteroatoms. The lowest BCUT2D eigenvalue weighted by Gasteiger charge is -2.09. The normalized spacial score (nSPS) is 10.5. The van der Waals surface area contributed by atoms with Crippen LogP contribution in [0.5, 0.6) is 0 Å². The third-order valence-electron chi connectivity index (χ3n) is 4.40. The fourth-order valence-corrected chi connectivity index (χ4v) is 3.73. The van der Waals surface area contributed by atoms with Gasteiger partial charge in [-0.25, -0.2) is 0 Å². The molecule has 0 aliphatic rings. The summed E-state index contributed by atoms with van der Waals surface area (Å²) >= 11 is 7.02. The summed E-state index contributed by atoms with van der Waals surface area (Å²) in [5.74, 6) is -0.322. The van der Waals surface area contributed by atoms with Crippen LogP contribution in [0.4, 0.5) is 5.13 Å². The third-order valence-corrected chi connectivity index (χ3v) is 5.50. The van der Waals surface area contributed by atoms with E-state index in [4.69, 9.17) is 11.6 Å². The highest BCUT2D eigenvalue weighted by atomic mass is 35.5. The number of benzene rings is 2. The number of halogens is 1. The van der Waals surface area contributed by atoms with Gasteiger partial charge in [0.1, 0.15) is 17.3 Å². The van der Waals surface area contributed by atoms with E-state index >= 15 is 0 Å². The molecule has 31 heavy (non-hydrogen) atoms. The molecule has 152 valence electrons. The predicted molar refractivity (Wildman–Crippen MR) is 118 cm³/mol. The molecular formula is C21H13ClN6O2S. The molecule has 4 aromatic rings. The van der Waals surface area contributed by atoms with Crippen LogP contribution < -0.4 is 10.9 Å². The van der Waals surface area contributed by atoms with Gasteiger partial charge in [0.25, 0.3) is 11.5 Å². The number of amides is 1. The Labute approximate surface area is 185 Å². The summed E-state index contributed by atoms with van der Waals surface area (Å²) in [5.41, 5.74) is 1.04. The minimum atomic E-state index is -0.548. The summed E-state index contributed by atoms with van der Waals surface area (Å²) in [6.07, 6.45) is 0. The first kappa shape index (κ1) is 20.4. The molecule has 8 nitrogen and oxygen atoms in total. The maximum atomic E-state index is 12.8. The number of anilines is 1. The SMILES string of the molecule is Cc1c(-c2nnc(NC(=O)c3ccccc3)s2)nn(-c2ccc(Cl)cc2)c(=O)c1C#N. The lowest BCUT2D eigenvalue weighted by molar-refractivity contribution is 0.102. The minimum absolute atomic E-state index is 0.0509. The number of nitriles is 1. The van der Waals surface area contributed by atoms with Crippen LogP contribution in [0.2, 0.25) is 5.02 Å². The Kier molecular flexibility index (Phi) is 5.58.